The van der Waals surface area contributed by atoms with Crippen LogP contribution < -0.4 is 10.5 Å². The van der Waals surface area contributed by atoms with E-state index in [0.29, 0.717) is 12.5 Å². The summed E-state index contributed by atoms with van der Waals surface area (Å²) in [6.07, 6.45) is 1.91. The predicted octanol–water partition coefficient (Wildman–Crippen LogP) is 1.47. The van der Waals surface area contributed by atoms with Gasteiger partial charge in [0.05, 0.1) is 25.0 Å². The van der Waals surface area contributed by atoms with Gasteiger partial charge in [-0.1, -0.05) is 23.4 Å². The lowest BCUT2D eigenvalue weighted by Gasteiger charge is -2.07. The molecule has 1 aliphatic rings. The molecule has 2 heterocycles. The Morgan fingerprint density at radius 3 is 3.11 bits per heavy atom. The Hall–Kier alpha value is -1.88. The van der Waals surface area contributed by atoms with Gasteiger partial charge in [0.2, 0.25) is 0 Å². The molecule has 0 amide bonds. The zero-order valence-electron chi connectivity index (χ0n) is 10.3. The van der Waals surface area contributed by atoms with E-state index in [-0.39, 0.29) is 6.04 Å². The molecule has 0 bridgehead atoms. The second-order valence-corrected chi connectivity index (χ2v) is 4.70. The van der Waals surface area contributed by atoms with Crippen molar-refractivity contribution in [3.63, 3.8) is 0 Å². The summed E-state index contributed by atoms with van der Waals surface area (Å²) >= 11 is 0. The number of nitrogens with zero attached hydrogens (tertiary/aromatic N) is 3. The number of nitrogens with two attached hydrogens (primary N) is 1. The van der Waals surface area contributed by atoms with Crippen LogP contribution in [0.15, 0.2) is 30.5 Å². The minimum atomic E-state index is -0.0779. The molecule has 2 aromatic rings. The molecule has 0 radical (unpaired) electrons. The van der Waals surface area contributed by atoms with E-state index in [9.17, 15) is 0 Å². The van der Waals surface area contributed by atoms with Crippen molar-refractivity contribution in [2.45, 2.75) is 25.4 Å². The third-order valence-corrected chi connectivity index (χ3v) is 3.23. The number of hydrogen-bond donors (Lipinski definition) is 1. The molecule has 0 fully saturated rings. The topological polar surface area (TPSA) is 66.0 Å². The molecule has 94 valence electrons. The number of benzene rings is 1. The van der Waals surface area contributed by atoms with E-state index in [0.717, 1.165) is 18.0 Å². The van der Waals surface area contributed by atoms with Crippen LogP contribution in [-0.4, -0.2) is 21.6 Å². The number of ether oxygens (including phenoxy) is 1. The Balaban J connectivity index is 1.78. The molecular formula is C13H16N4O. The molecule has 1 aliphatic heterocycles. The van der Waals surface area contributed by atoms with E-state index in [2.05, 4.69) is 16.4 Å². The fourth-order valence-electron chi connectivity index (χ4n) is 2.22. The Kier molecular flexibility index (Phi) is 2.76. The Morgan fingerprint density at radius 1 is 1.50 bits per heavy atom. The number of para-hydroxylation sites is 1. The minimum absolute atomic E-state index is 0.0779. The van der Waals surface area contributed by atoms with Crippen LogP contribution >= 0.6 is 0 Å². The number of fused-ring (bicyclic) bond motifs is 1. The van der Waals surface area contributed by atoms with E-state index in [1.165, 1.54) is 5.56 Å². The summed E-state index contributed by atoms with van der Waals surface area (Å²) in [6, 6.07) is 8.06. The zero-order valence-corrected chi connectivity index (χ0v) is 10.3. The van der Waals surface area contributed by atoms with Crippen LogP contribution in [-0.2, 0) is 6.54 Å². The van der Waals surface area contributed by atoms with Crippen molar-refractivity contribution in [2.75, 3.05) is 6.61 Å². The third-order valence-electron chi connectivity index (χ3n) is 3.23. The lowest BCUT2D eigenvalue weighted by Crippen LogP contribution is -2.11. The van der Waals surface area contributed by atoms with Crippen LogP contribution in [0.4, 0.5) is 0 Å². The van der Waals surface area contributed by atoms with Gasteiger partial charge in [-0.15, -0.1) is 5.10 Å². The first-order chi connectivity index (χ1) is 8.74. The van der Waals surface area contributed by atoms with Gasteiger partial charge in [0.25, 0.3) is 0 Å². The third kappa shape index (κ3) is 1.97. The Bertz CT molecular complexity index is 549. The number of hydrogen-bond acceptors (Lipinski definition) is 4. The minimum Gasteiger partial charge on any atom is -0.493 e. The monoisotopic (exact) mass is 244 g/mol. The van der Waals surface area contributed by atoms with Gasteiger partial charge in [-0.3, -0.25) is 4.68 Å². The van der Waals surface area contributed by atoms with Crippen molar-refractivity contribution in [1.82, 2.24) is 15.0 Å². The van der Waals surface area contributed by atoms with Crippen molar-refractivity contribution < 1.29 is 4.74 Å². The van der Waals surface area contributed by atoms with Crippen LogP contribution in [0.2, 0.25) is 0 Å². The van der Waals surface area contributed by atoms with Gasteiger partial charge in [0.15, 0.2) is 0 Å². The largest absolute Gasteiger partial charge is 0.493 e. The number of rotatable bonds is 3. The van der Waals surface area contributed by atoms with Gasteiger partial charge in [-0.25, -0.2) is 0 Å². The molecule has 2 N–H and O–H groups in total. The molecule has 0 aliphatic carbocycles. The highest BCUT2D eigenvalue weighted by molar-refractivity contribution is 5.39. The highest BCUT2D eigenvalue weighted by Gasteiger charge is 2.24. The van der Waals surface area contributed by atoms with E-state index in [4.69, 9.17) is 10.5 Å². The average Bonchev–Trinajstić information content (AvgIpc) is 2.98. The van der Waals surface area contributed by atoms with Crippen molar-refractivity contribution >= 4 is 0 Å². The van der Waals surface area contributed by atoms with Crippen molar-refractivity contribution in [1.29, 1.82) is 0 Å². The lowest BCUT2D eigenvalue weighted by atomic mass is 10.0. The maximum Gasteiger partial charge on any atom is 0.122 e. The van der Waals surface area contributed by atoms with Crippen LogP contribution in [0.5, 0.6) is 5.75 Å². The zero-order chi connectivity index (χ0) is 12.5. The summed E-state index contributed by atoms with van der Waals surface area (Å²) in [5.74, 6) is 1.32. The molecule has 1 aromatic carbocycles. The van der Waals surface area contributed by atoms with Crippen LogP contribution in [0.1, 0.15) is 30.1 Å². The fraction of sp³-hybridized carbons (Fsp3) is 0.385. The molecule has 5 heteroatoms. The van der Waals surface area contributed by atoms with E-state index in [1.807, 2.05) is 36.0 Å². The summed E-state index contributed by atoms with van der Waals surface area (Å²) in [7, 11) is 0. The second-order valence-electron chi connectivity index (χ2n) is 4.70. The smallest absolute Gasteiger partial charge is 0.122 e. The standard InChI is InChI=1S/C13H16N4O/c1-9(14)12-7-17(16-15-12)6-10-8-18-13-5-3-2-4-11(10)13/h2-5,7,9-10H,6,8,14H2,1H3. The Morgan fingerprint density at radius 2 is 2.33 bits per heavy atom. The molecule has 5 nitrogen and oxygen atoms in total. The average molecular weight is 244 g/mol. The molecule has 1 aromatic heterocycles. The predicted molar refractivity (Wildman–Crippen MR) is 67.3 cm³/mol. The fourth-order valence-corrected chi connectivity index (χ4v) is 2.22. The molecular weight excluding hydrogens is 228 g/mol. The molecule has 0 saturated carbocycles. The molecule has 18 heavy (non-hydrogen) atoms. The first kappa shape index (κ1) is 11.2. The van der Waals surface area contributed by atoms with Gasteiger partial charge in [0.1, 0.15) is 5.75 Å². The highest BCUT2D eigenvalue weighted by Crippen LogP contribution is 2.34. The highest BCUT2D eigenvalue weighted by atomic mass is 16.5. The molecule has 2 unspecified atom stereocenters. The lowest BCUT2D eigenvalue weighted by molar-refractivity contribution is 0.314. The van der Waals surface area contributed by atoms with E-state index in [1.54, 1.807) is 0 Å². The van der Waals surface area contributed by atoms with Crippen molar-refractivity contribution in [3.05, 3.63) is 41.7 Å². The maximum atomic E-state index is 5.77. The SMILES string of the molecule is CC(N)c1cn(CC2COc3ccccc32)nn1. The van der Waals surface area contributed by atoms with Crippen LogP contribution in [0.25, 0.3) is 0 Å². The molecule has 2 atom stereocenters. The Labute approximate surface area is 106 Å². The van der Waals surface area contributed by atoms with Gasteiger partial charge in [-0.2, -0.15) is 0 Å². The van der Waals surface area contributed by atoms with Crippen LogP contribution in [0, 0.1) is 0 Å². The normalized spacial score (nSPS) is 19.3. The van der Waals surface area contributed by atoms with Gasteiger partial charge >= 0.3 is 0 Å². The number of aromatic nitrogens is 3. The summed E-state index contributed by atoms with van der Waals surface area (Å²) in [5, 5.41) is 8.17. The first-order valence-electron chi connectivity index (χ1n) is 6.11. The molecule has 0 spiro atoms. The van der Waals surface area contributed by atoms with Crippen molar-refractivity contribution in [2.24, 2.45) is 5.73 Å². The summed E-state index contributed by atoms with van der Waals surface area (Å²) in [4.78, 5) is 0. The van der Waals surface area contributed by atoms with Gasteiger partial charge in [0, 0.05) is 17.5 Å². The second kappa shape index (κ2) is 4.42. The summed E-state index contributed by atoms with van der Waals surface area (Å²) < 4.78 is 7.49. The maximum absolute atomic E-state index is 5.77. The first-order valence-corrected chi connectivity index (χ1v) is 6.11. The summed E-state index contributed by atoms with van der Waals surface area (Å²) in [6.45, 7) is 3.38. The molecule has 3 rings (SSSR count). The van der Waals surface area contributed by atoms with Crippen LogP contribution in [0.3, 0.4) is 0 Å². The van der Waals surface area contributed by atoms with E-state index >= 15 is 0 Å². The van der Waals surface area contributed by atoms with Crippen molar-refractivity contribution in [3.8, 4) is 5.75 Å². The van der Waals surface area contributed by atoms with Gasteiger partial charge in [-0.05, 0) is 13.0 Å². The molecule has 0 saturated heterocycles. The van der Waals surface area contributed by atoms with E-state index < -0.39 is 0 Å². The quantitative estimate of drug-likeness (QED) is 0.888. The summed E-state index contributed by atoms with van der Waals surface area (Å²) in [5.41, 5.74) is 7.84. The van der Waals surface area contributed by atoms with Gasteiger partial charge < -0.3 is 10.5 Å².